The van der Waals surface area contributed by atoms with Gasteiger partial charge in [-0.15, -0.1) is 0 Å². The second-order valence-electron chi connectivity index (χ2n) is 5.09. The van der Waals surface area contributed by atoms with Crippen molar-refractivity contribution in [3.05, 3.63) is 0 Å². The number of hydrogen-bond acceptors (Lipinski definition) is 4. The van der Waals surface area contributed by atoms with Crippen molar-refractivity contribution in [2.45, 2.75) is 31.7 Å². The quantitative estimate of drug-likeness (QED) is 0.596. The SMILES string of the molecule is CC1(C(=O)O)CCCCN1C(=O)NCCNS(C)(=O)=O. The molecular formula is C11H21N3O5S. The lowest BCUT2D eigenvalue weighted by molar-refractivity contribution is -0.150. The minimum Gasteiger partial charge on any atom is -0.480 e. The molecule has 0 aromatic rings. The Bertz CT molecular complexity index is 478. The highest BCUT2D eigenvalue weighted by molar-refractivity contribution is 7.88. The Morgan fingerprint density at radius 1 is 1.30 bits per heavy atom. The van der Waals surface area contributed by atoms with Crippen molar-refractivity contribution in [2.75, 3.05) is 25.9 Å². The summed E-state index contributed by atoms with van der Waals surface area (Å²) in [5.74, 6) is -1.03. The van der Waals surface area contributed by atoms with Crippen LogP contribution in [0.25, 0.3) is 0 Å². The van der Waals surface area contributed by atoms with E-state index in [1.165, 1.54) is 11.8 Å². The van der Waals surface area contributed by atoms with Crippen molar-refractivity contribution in [3.63, 3.8) is 0 Å². The van der Waals surface area contributed by atoms with Crippen LogP contribution in [0.2, 0.25) is 0 Å². The second kappa shape index (κ2) is 6.40. The van der Waals surface area contributed by atoms with Crippen molar-refractivity contribution >= 4 is 22.0 Å². The second-order valence-corrected chi connectivity index (χ2v) is 6.92. The smallest absolute Gasteiger partial charge is 0.329 e. The maximum Gasteiger partial charge on any atom is 0.329 e. The van der Waals surface area contributed by atoms with Crippen molar-refractivity contribution in [2.24, 2.45) is 0 Å². The molecule has 20 heavy (non-hydrogen) atoms. The summed E-state index contributed by atoms with van der Waals surface area (Å²) in [4.78, 5) is 24.7. The number of aliphatic carboxylic acids is 1. The third-order valence-electron chi connectivity index (χ3n) is 3.36. The van der Waals surface area contributed by atoms with Crippen molar-refractivity contribution in [3.8, 4) is 0 Å². The Hall–Kier alpha value is -1.35. The van der Waals surface area contributed by atoms with Crippen LogP contribution in [-0.4, -0.2) is 61.9 Å². The molecular weight excluding hydrogens is 286 g/mol. The van der Waals surface area contributed by atoms with Crippen molar-refractivity contribution in [1.82, 2.24) is 14.9 Å². The summed E-state index contributed by atoms with van der Waals surface area (Å²) in [6.07, 6.45) is 2.97. The van der Waals surface area contributed by atoms with E-state index in [2.05, 4.69) is 10.0 Å². The molecule has 0 spiro atoms. The fraction of sp³-hybridized carbons (Fsp3) is 0.818. The van der Waals surface area contributed by atoms with E-state index in [1.807, 2.05) is 0 Å². The summed E-state index contributed by atoms with van der Waals surface area (Å²) >= 11 is 0. The number of nitrogens with one attached hydrogen (secondary N) is 2. The number of hydrogen-bond donors (Lipinski definition) is 3. The number of nitrogens with zero attached hydrogens (tertiary/aromatic N) is 1. The van der Waals surface area contributed by atoms with E-state index in [0.717, 1.165) is 19.1 Å². The maximum absolute atomic E-state index is 12.0. The number of rotatable bonds is 5. The average molecular weight is 307 g/mol. The minimum absolute atomic E-state index is 0.0716. The van der Waals surface area contributed by atoms with E-state index in [-0.39, 0.29) is 13.1 Å². The highest BCUT2D eigenvalue weighted by Crippen LogP contribution is 2.28. The number of amides is 2. The largest absolute Gasteiger partial charge is 0.480 e. The zero-order valence-corrected chi connectivity index (χ0v) is 12.5. The standard InChI is InChI=1S/C11H21N3O5S/c1-11(9(15)16)5-3-4-8-14(11)10(17)12-6-7-13-20(2,18)19/h13H,3-8H2,1-2H3,(H,12,17)(H,15,16). The van der Waals surface area contributed by atoms with Crippen molar-refractivity contribution < 1.29 is 23.1 Å². The Balaban J connectivity index is 2.54. The number of piperidine rings is 1. The Morgan fingerprint density at radius 2 is 1.95 bits per heavy atom. The number of likely N-dealkylation sites (tertiary alicyclic amines) is 1. The molecule has 0 saturated carbocycles. The number of carboxylic acids is 1. The molecule has 1 rings (SSSR count). The van der Waals surface area contributed by atoms with Gasteiger partial charge in [0.15, 0.2) is 0 Å². The highest BCUT2D eigenvalue weighted by Gasteiger charge is 2.43. The Morgan fingerprint density at radius 3 is 2.50 bits per heavy atom. The first kappa shape index (κ1) is 16.7. The summed E-state index contributed by atoms with van der Waals surface area (Å²) < 4.78 is 24.0. The summed E-state index contributed by atoms with van der Waals surface area (Å²) in [6.45, 7) is 2.09. The molecule has 8 nitrogen and oxygen atoms in total. The van der Waals surface area contributed by atoms with Crippen LogP contribution in [0.3, 0.4) is 0 Å². The van der Waals surface area contributed by atoms with Gasteiger partial charge in [0, 0.05) is 19.6 Å². The molecule has 0 aromatic carbocycles. The zero-order chi connectivity index (χ0) is 15.4. The van der Waals surface area contributed by atoms with Gasteiger partial charge in [-0.3, -0.25) is 0 Å². The summed E-state index contributed by atoms with van der Waals surface area (Å²) in [5.41, 5.74) is -1.20. The van der Waals surface area contributed by atoms with Gasteiger partial charge < -0.3 is 15.3 Å². The molecule has 1 saturated heterocycles. The molecule has 1 aliphatic heterocycles. The summed E-state index contributed by atoms with van der Waals surface area (Å²) in [6, 6.07) is -0.482. The topological polar surface area (TPSA) is 116 Å². The van der Waals surface area contributed by atoms with Gasteiger partial charge in [-0.2, -0.15) is 0 Å². The van der Waals surface area contributed by atoms with E-state index in [9.17, 15) is 23.1 Å². The number of carbonyl (C=O) groups excluding carboxylic acids is 1. The third kappa shape index (κ3) is 4.34. The van der Waals surface area contributed by atoms with Gasteiger partial charge >= 0.3 is 12.0 Å². The number of carbonyl (C=O) groups is 2. The first-order valence-corrected chi connectivity index (χ1v) is 8.29. The molecule has 1 aliphatic rings. The van der Waals surface area contributed by atoms with E-state index in [1.54, 1.807) is 0 Å². The number of carboxylic acid groups (broad SMARTS) is 1. The van der Waals surface area contributed by atoms with Gasteiger partial charge in [-0.25, -0.2) is 22.7 Å². The zero-order valence-electron chi connectivity index (χ0n) is 11.7. The minimum atomic E-state index is -3.29. The van der Waals surface area contributed by atoms with Crippen LogP contribution in [0.1, 0.15) is 26.2 Å². The molecule has 2 amide bonds. The van der Waals surface area contributed by atoms with Gasteiger partial charge in [0.25, 0.3) is 0 Å². The fourth-order valence-corrected chi connectivity index (χ4v) is 2.64. The fourth-order valence-electron chi connectivity index (χ4n) is 2.17. The van der Waals surface area contributed by atoms with E-state index < -0.39 is 27.6 Å². The first-order valence-electron chi connectivity index (χ1n) is 6.40. The van der Waals surface area contributed by atoms with Crippen LogP contribution in [0, 0.1) is 0 Å². The molecule has 116 valence electrons. The van der Waals surface area contributed by atoms with Crippen molar-refractivity contribution in [1.29, 1.82) is 0 Å². The number of urea groups is 1. The molecule has 1 fully saturated rings. The van der Waals surface area contributed by atoms with E-state index in [4.69, 9.17) is 0 Å². The van der Waals surface area contributed by atoms with Gasteiger partial charge in [-0.1, -0.05) is 0 Å². The Kier molecular flexibility index (Phi) is 5.35. The lowest BCUT2D eigenvalue weighted by atomic mass is 9.89. The van der Waals surface area contributed by atoms with Gasteiger partial charge in [0.2, 0.25) is 10.0 Å². The normalized spacial score (nSPS) is 23.4. The molecule has 0 bridgehead atoms. The molecule has 1 atom stereocenters. The monoisotopic (exact) mass is 307 g/mol. The van der Waals surface area contributed by atoms with E-state index in [0.29, 0.717) is 13.0 Å². The van der Waals surface area contributed by atoms with Crippen LogP contribution in [0.15, 0.2) is 0 Å². The van der Waals surface area contributed by atoms with E-state index >= 15 is 0 Å². The molecule has 1 heterocycles. The van der Waals surface area contributed by atoms with Crippen LogP contribution < -0.4 is 10.0 Å². The predicted molar refractivity (Wildman–Crippen MR) is 72.8 cm³/mol. The third-order valence-corrected chi connectivity index (χ3v) is 4.09. The molecule has 0 radical (unpaired) electrons. The van der Waals surface area contributed by atoms with Gasteiger partial charge in [0.05, 0.1) is 6.26 Å². The van der Waals surface area contributed by atoms with Crippen LogP contribution in [0.4, 0.5) is 4.79 Å². The molecule has 0 aromatic heterocycles. The molecule has 3 N–H and O–H groups in total. The highest BCUT2D eigenvalue weighted by atomic mass is 32.2. The van der Waals surface area contributed by atoms with Crippen LogP contribution in [-0.2, 0) is 14.8 Å². The van der Waals surface area contributed by atoms with Crippen LogP contribution >= 0.6 is 0 Å². The molecule has 0 aliphatic carbocycles. The van der Waals surface area contributed by atoms with Gasteiger partial charge in [-0.05, 0) is 26.2 Å². The maximum atomic E-state index is 12.0. The summed E-state index contributed by atoms with van der Waals surface area (Å²) in [7, 11) is -3.29. The lowest BCUT2D eigenvalue weighted by Crippen LogP contribution is -2.60. The Labute approximate surface area is 118 Å². The average Bonchev–Trinajstić information content (AvgIpc) is 2.33. The molecule has 9 heteroatoms. The summed E-state index contributed by atoms with van der Waals surface area (Å²) in [5, 5.41) is 11.8. The number of sulfonamides is 1. The first-order chi connectivity index (χ1) is 9.17. The lowest BCUT2D eigenvalue weighted by Gasteiger charge is -2.41. The molecule has 1 unspecified atom stereocenters. The van der Waals surface area contributed by atoms with Gasteiger partial charge in [0.1, 0.15) is 5.54 Å². The predicted octanol–water partition coefficient (Wildman–Crippen LogP) is -0.426. The van der Waals surface area contributed by atoms with Crippen LogP contribution in [0.5, 0.6) is 0 Å².